The molecule has 88 valence electrons. The molecule has 0 fully saturated rings. The van der Waals surface area contributed by atoms with Gasteiger partial charge in [0.2, 0.25) is 5.91 Å². The fourth-order valence-corrected chi connectivity index (χ4v) is 1.63. The molecule has 16 heavy (non-hydrogen) atoms. The van der Waals surface area contributed by atoms with E-state index in [4.69, 9.17) is 10.6 Å². The van der Waals surface area contributed by atoms with Crippen LogP contribution in [-0.4, -0.2) is 25.1 Å². The summed E-state index contributed by atoms with van der Waals surface area (Å²) in [5, 5.41) is 1.10. The van der Waals surface area contributed by atoms with Gasteiger partial charge in [0, 0.05) is 12.6 Å². The van der Waals surface area contributed by atoms with Crippen LogP contribution in [-0.2, 0) is 4.79 Å². The molecule has 0 heterocycles. The Labute approximate surface area is 96.0 Å². The fourth-order valence-electron chi connectivity index (χ4n) is 1.63. The predicted molar refractivity (Wildman–Crippen MR) is 63.1 cm³/mol. The summed E-state index contributed by atoms with van der Waals surface area (Å²) in [5.41, 5.74) is 1.96. The molecular formula is C12H18N2O2. The first-order chi connectivity index (χ1) is 7.47. The molecule has 0 spiro atoms. The lowest BCUT2D eigenvalue weighted by Crippen LogP contribution is -2.36. The molecule has 0 saturated heterocycles. The van der Waals surface area contributed by atoms with E-state index in [1.165, 1.54) is 0 Å². The zero-order valence-corrected chi connectivity index (χ0v) is 10.2. The average molecular weight is 222 g/mol. The lowest BCUT2D eigenvalue weighted by molar-refractivity contribution is -0.131. The smallest absolute Gasteiger partial charge is 0.243 e. The Hall–Kier alpha value is -1.55. The summed E-state index contributed by atoms with van der Waals surface area (Å²) < 4.78 is 5.24. The third kappa shape index (κ3) is 2.52. The van der Waals surface area contributed by atoms with Crippen molar-refractivity contribution in [3.05, 3.63) is 29.3 Å². The number of nitrogens with two attached hydrogens (primary N) is 1. The number of ether oxygens (including phenoxy) is 1. The molecule has 0 aliphatic carbocycles. The van der Waals surface area contributed by atoms with Gasteiger partial charge in [-0.3, -0.25) is 9.80 Å². The molecule has 1 atom stereocenters. The minimum Gasteiger partial charge on any atom is -0.496 e. The van der Waals surface area contributed by atoms with Crippen molar-refractivity contribution in [3.63, 3.8) is 0 Å². The fraction of sp³-hybridized carbons (Fsp3) is 0.417. The van der Waals surface area contributed by atoms with E-state index >= 15 is 0 Å². The summed E-state index contributed by atoms with van der Waals surface area (Å²) in [4.78, 5) is 11.8. The van der Waals surface area contributed by atoms with E-state index in [1.807, 2.05) is 32.0 Å². The lowest BCUT2D eigenvalue weighted by atomic mass is 9.97. The van der Waals surface area contributed by atoms with Gasteiger partial charge in [-0.2, -0.15) is 0 Å². The van der Waals surface area contributed by atoms with Gasteiger partial charge in [-0.1, -0.05) is 17.7 Å². The number of benzene rings is 1. The highest BCUT2D eigenvalue weighted by molar-refractivity contribution is 5.83. The molecule has 4 heteroatoms. The van der Waals surface area contributed by atoms with Crippen molar-refractivity contribution >= 4 is 5.91 Å². The average Bonchev–Trinajstić information content (AvgIpc) is 2.26. The highest BCUT2D eigenvalue weighted by Crippen LogP contribution is 2.28. The van der Waals surface area contributed by atoms with Crippen LogP contribution in [0.3, 0.4) is 0 Å². The predicted octanol–water partition coefficient (Wildman–Crippen LogP) is 1.44. The molecule has 1 aromatic rings. The van der Waals surface area contributed by atoms with Gasteiger partial charge >= 0.3 is 0 Å². The Morgan fingerprint density at radius 2 is 2.12 bits per heavy atom. The maximum Gasteiger partial charge on any atom is 0.243 e. The second-order valence-electron chi connectivity index (χ2n) is 3.92. The van der Waals surface area contributed by atoms with Crippen molar-refractivity contribution in [2.75, 3.05) is 14.2 Å². The number of carbonyl (C=O) groups is 1. The van der Waals surface area contributed by atoms with Crippen LogP contribution in [0.15, 0.2) is 18.2 Å². The number of rotatable bonds is 3. The zero-order valence-electron chi connectivity index (χ0n) is 10.2. The molecular weight excluding hydrogens is 204 g/mol. The van der Waals surface area contributed by atoms with Crippen molar-refractivity contribution in [2.24, 2.45) is 5.84 Å². The van der Waals surface area contributed by atoms with Crippen molar-refractivity contribution in [3.8, 4) is 5.75 Å². The molecule has 2 N–H and O–H groups in total. The number of hydrogen-bond acceptors (Lipinski definition) is 3. The molecule has 1 amide bonds. The zero-order chi connectivity index (χ0) is 12.3. The van der Waals surface area contributed by atoms with Gasteiger partial charge in [0.15, 0.2) is 0 Å². The molecule has 0 aromatic heterocycles. The highest BCUT2D eigenvalue weighted by atomic mass is 16.5. The number of carbonyl (C=O) groups excluding carboxylic acids is 1. The SMILES string of the molecule is COc1ccc(C)cc1C(C)C(=O)N(C)N. The Bertz CT molecular complexity index is 389. The summed E-state index contributed by atoms with van der Waals surface area (Å²) in [5.74, 6) is 5.73. The molecule has 0 radical (unpaired) electrons. The lowest BCUT2D eigenvalue weighted by Gasteiger charge is -2.19. The molecule has 4 nitrogen and oxygen atoms in total. The van der Waals surface area contributed by atoms with Gasteiger partial charge in [-0.05, 0) is 19.9 Å². The number of likely N-dealkylation sites (N-methyl/N-ethyl adjacent to an activating group) is 1. The first kappa shape index (κ1) is 12.5. The summed E-state index contributed by atoms with van der Waals surface area (Å²) in [6.07, 6.45) is 0. The van der Waals surface area contributed by atoms with Crippen LogP contribution in [0.1, 0.15) is 24.0 Å². The maximum absolute atomic E-state index is 11.8. The molecule has 0 aliphatic rings. The standard InChI is InChI=1S/C12H18N2O2/c1-8-5-6-11(16-4)10(7-8)9(2)12(15)14(3)13/h5-7,9H,13H2,1-4H3. The van der Waals surface area contributed by atoms with E-state index in [0.29, 0.717) is 5.75 Å². The van der Waals surface area contributed by atoms with E-state index in [0.717, 1.165) is 16.1 Å². The Morgan fingerprint density at radius 3 is 2.62 bits per heavy atom. The number of hydrazine groups is 1. The largest absolute Gasteiger partial charge is 0.496 e. The Kier molecular flexibility index (Phi) is 3.90. The Balaban J connectivity index is 3.11. The van der Waals surface area contributed by atoms with Crippen LogP contribution in [0.2, 0.25) is 0 Å². The molecule has 0 bridgehead atoms. The van der Waals surface area contributed by atoms with Gasteiger partial charge in [0.05, 0.1) is 13.0 Å². The van der Waals surface area contributed by atoms with Crippen LogP contribution in [0.5, 0.6) is 5.75 Å². The third-order valence-electron chi connectivity index (χ3n) is 2.57. The van der Waals surface area contributed by atoms with E-state index in [1.54, 1.807) is 14.2 Å². The molecule has 1 rings (SSSR count). The van der Waals surface area contributed by atoms with E-state index in [2.05, 4.69) is 0 Å². The number of nitrogens with zero attached hydrogens (tertiary/aromatic N) is 1. The van der Waals surface area contributed by atoms with Gasteiger partial charge in [-0.15, -0.1) is 0 Å². The minimum absolute atomic E-state index is 0.135. The topological polar surface area (TPSA) is 55.6 Å². The quantitative estimate of drug-likeness (QED) is 0.478. The van der Waals surface area contributed by atoms with Gasteiger partial charge in [0.25, 0.3) is 0 Å². The highest BCUT2D eigenvalue weighted by Gasteiger charge is 2.20. The summed E-state index contributed by atoms with van der Waals surface area (Å²) >= 11 is 0. The number of methoxy groups -OCH3 is 1. The molecule has 0 aliphatic heterocycles. The Morgan fingerprint density at radius 1 is 1.50 bits per heavy atom. The molecule has 0 saturated carbocycles. The van der Waals surface area contributed by atoms with Crippen molar-refractivity contribution in [1.29, 1.82) is 0 Å². The van der Waals surface area contributed by atoms with Crippen LogP contribution < -0.4 is 10.6 Å². The van der Waals surface area contributed by atoms with Crippen molar-refractivity contribution in [2.45, 2.75) is 19.8 Å². The van der Waals surface area contributed by atoms with Gasteiger partial charge in [0.1, 0.15) is 5.75 Å². The van der Waals surface area contributed by atoms with E-state index in [9.17, 15) is 4.79 Å². The first-order valence-corrected chi connectivity index (χ1v) is 5.14. The van der Waals surface area contributed by atoms with Crippen molar-refractivity contribution < 1.29 is 9.53 Å². The monoisotopic (exact) mass is 222 g/mol. The van der Waals surface area contributed by atoms with Crippen LogP contribution >= 0.6 is 0 Å². The summed E-state index contributed by atoms with van der Waals surface area (Å²) in [7, 11) is 3.14. The van der Waals surface area contributed by atoms with Crippen LogP contribution in [0.25, 0.3) is 0 Å². The summed E-state index contributed by atoms with van der Waals surface area (Å²) in [6, 6.07) is 5.77. The maximum atomic E-state index is 11.8. The minimum atomic E-state index is -0.301. The van der Waals surface area contributed by atoms with Crippen LogP contribution in [0, 0.1) is 6.92 Å². The first-order valence-electron chi connectivity index (χ1n) is 5.14. The van der Waals surface area contributed by atoms with Gasteiger partial charge in [-0.25, -0.2) is 5.84 Å². The van der Waals surface area contributed by atoms with Gasteiger partial charge < -0.3 is 4.74 Å². The van der Waals surface area contributed by atoms with Crippen LogP contribution in [0.4, 0.5) is 0 Å². The van der Waals surface area contributed by atoms with E-state index < -0.39 is 0 Å². The second kappa shape index (κ2) is 4.99. The molecule has 1 unspecified atom stereocenters. The van der Waals surface area contributed by atoms with E-state index in [-0.39, 0.29) is 11.8 Å². The molecule has 1 aromatic carbocycles. The number of hydrogen-bond donors (Lipinski definition) is 1. The van der Waals surface area contributed by atoms with Crippen molar-refractivity contribution in [1.82, 2.24) is 5.01 Å². The third-order valence-corrected chi connectivity index (χ3v) is 2.57. The second-order valence-corrected chi connectivity index (χ2v) is 3.92. The normalized spacial score (nSPS) is 12.1. The summed E-state index contributed by atoms with van der Waals surface area (Å²) in [6.45, 7) is 3.80. The number of aryl methyl sites for hydroxylation is 1. The number of amides is 1.